The van der Waals surface area contributed by atoms with Crippen LogP contribution in [-0.4, -0.2) is 40.4 Å². The van der Waals surface area contributed by atoms with Gasteiger partial charge in [0.05, 0.1) is 12.6 Å². The molecule has 6 heteroatoms. The van der Waals surface area contributed by atoms with E-state index in [0.717, 1.165) is 38.5 Å². The van der Waals surface area contributed by atoms with Crippen LogP contribution in [0.15, 0.2) is 10.7 Å². The first-order valence-electron chi connectivity index (χ1n) is 5.78. The highest BCUT2D eigenvalue weighted by atomic mass is 16.4. The topological polar surface area (TPSA) is 86.8 Å². The Hall–Kier alpha value is -1.56. The molecule has 1 atom stereocenters. The maximum atomic E-state index is 10.7. The summed E-state index contributed by atoms with van der Waals surface area (Å²) in [5, 5.41) is 18.1. The lowest BCUT2D eigenvalue weighted by Gasteiger charge is -2.26. The third-order valence-electron chi connectivity index (χ3n) is 3.04. The van der Waals surface area contributed by atoms with Crippen LogP contribution in [0.25, 0.3) is 0 Å². The molecule has 0 amide bonds. The predicted molar refractivity (Wildman–Crippen MR) is 60.2 cm³/mol. The van der Waals surface area contributed by atoms with Crippen LogP contribution in [0.5, 0.6) is 0 Å². The molecule has 0 saturated carbocycles. The van der Waals surface area contributed by atoms with Crippen molar-refractivity contribution in [2.75, 3.05) is 18.1 Å². The van der Waals surface area contributed by atoms with E-state index in [2.05, 4.69) is 4.98 Å². The fraction of sp³-hybridized carbons (Fsp3) is 0.636. The standard InChI is InChI=1S/C11H16N2O4/c14-6-8-4-2-1-3-5-13(8)11-12-9(7-17-11)10(15)16/h7-8,14H,1-6H2,(H,15,16). The number of carbonyl (C=O) groups is 1. The zero-order valence-electron chi connectivity index (χ0n) is 9.50. The number of hydrogen-bond donors (Lipinski definition) is 2. The van der Waals surface area contributed by atoms with E-state index in [9.17, 15) is 9.90 Å². The van der Waals surface area contributed by atoms with Gasteiger partial charge in [-0.25, -0.2) is 4.79 Å². The summed E-state index contributed by atoms with van der Waals surface area (Å²) in [6.07, 6.45) is 5.19. The Labute approximate surface area is 98.9 Å². The number of carboxylic acid groups (broad SMARTS) is 1. The molecule has 0 bridgehead atoms. The molecule has 17 heavy (non-hydrogen) atoms. The highest BCUT2D eigenvalue weighted by Gasteiger charge is 2.25. The Morgan fingerprint density at radius 1 is 1.53 bits per heavy atom. The lowest BCUT2D eigenvalue weighted by molar-refractivity contribution is 0.0690. The van der Waals surface area contributed by atoms with Gasteiger partial charge < -0.3 is 19.5 Å². The SMILES string of the molecule is O=C(O)c1coc(N2CCCCCC2CO)n1. The average Bonchev–Trinajstić information content (AvgIpc) is 2.68. The number of hydrogen-bond acceptors (Lipinski definition) is 5. The van der Waals surface area contributed by atoms with E-state index in [1.165, 1.54) is 0 Å². The number of anilines is 1. The van der Waals surface area contributed by atoms with Crippen molar-refractivity contribution in [3.05, 3.63) is 12.0 Å². The molecule has 1 aliphatic rings. The molecule has 1 aromatic heterocycles. The van der Waals surface area contributed by atoms with Crippen LogP contribution >= 0.6 is 0 Å². The number of oxazole rings is 1. The fourth-order valence-corrected chi connectivity index (χ4v) is 2.11. The minimum absolute atomic E-state index is 0.0298. The highest BCUT2D eigenvalue weighted by Crippen LogP contribution is 2.23. The van der Waals surface area contributed by atoms with Crippen LogP contribution in [0, 0.1) is 0 Å². The van der Waals surface area contributed by atoms with E-state index in [0.29, 0.717) is 6.01 Å². The Kier molecular flexibility index (Phi) is 3.63. The van der Waals surface area contributed by atoms with Crippen molar-refractivity contribution < 1.29 is 19.4 Å². The first-order chi connectivity index (χ1) is 8.22. The third-order valence-corrected chi connectivity index (χ3v) is 3.04. The molecule has 2 rings (SSSR count). The molecular weight excluding hydrogens is 224 g/mol. The van der Waals surface area contributed by atoms with Crippen molar-refractivity contribution in [2.24, 2.45) is 0 Å². The van der Waals surface area contributed by atoms with E-state index in [1.54, 1.807) is 0 Å². The molecule has 1 fully saturated rings. The molecule has 6 nitrogen and oxygen atoms in total. The van der Waals surface area contributed by atoms with Crippen molar-refractivity contribution in [1.29, 1.82) is 0 Å². The van der Waals surface area contributed by atoms with Gasteiger partial charge in [-0.05, 0) is 12.8 Å². The normalized spacial score (nSPS) is 21.2. The van der Waals surface area contributed by atoms with Crippen LogP contribution in [0.4, 0.5) is 6.01 Å². The van der Waals surface area contributed by atoms with Gasteiger partial charge in [-0.2, -0.15) is 4.98 Å². The molecule has 1 aliphatic heterocycles. The largest absolute Gasteiger partial charge is 0.476 e. The molecule has 0 aliphatic carbocycles. The smallest absolute Gasteiger partial charge is 0.357 e. The van der Waals surface area contributed by atoms with Gasteiger partial charge in [0.15, 0.2) is 5.69 Å². The van der Waals surface area contributed by atoms with Gasteiger partial charge in [-0.3, -0.25) is 0 Å². The Morgan fingerprint density at radius 3 is 3.00 bits per heavy atom. The fourth-order valence-electron chi connectivity index (χ4n) is 2.11. The molecule has 2 N–H and O–H groups in total. The molecular formula is C11H16N2O4. The van der Waals surface area contributed by atoms with Gasteiger partial charge >= 0.3 is 5.97 Å². The van der Waals surface area contributed by atoms with Crippen molar-refractivity contribution in [2.45, 2.75) is 31.7 Å². The molecule has 0 spiro atoms. The van der Waals surface area contributed by atoms with Crippen molar-refractivity contribution in [3.8, 4) is 0 Å². The molecule has 94 valence electrons. The molecule has 0 aromatic carbocycles. The second kappa shape index (κ2) is 5.18. The molecule has 1 unspecified atom stereocenters. The molecule has 1 saturated heterocycles. The number of carboxylic acids is 1. The monoisotopic (exact) mass is 240 g/mol. The number of nitrogens with zero attached hydrogens (tertiary/aromatic N) is 2. The zero-order valence-corrected chi connectivity index (χ0v) is 9.50. The van der Waals surface area contributed by atoms with E-state index < -0.39 is 5.97 Å². The Balaban J connectivity index is 2.19. The summed E-state index contributed by atoms with van der Waals surface area (Å²) < 4.78 is 5.18. The van der Waals surface area contributed by atoms with Gasteiger partial charge in [0.25, 0.3) is 6.01 Å². The van der Waals surface area contributed by atoms with Gasteiger partial charge in [0, 0.05) is 6.54 Å². The number of aromatic carboxylic acids is 1. The summed E-state index contributed by atoms with van der Waals surface area (Å²) in [7, 11) is 0. The third kappa shape index (κ3) is 2.58. The molecule has 1 aromatic rings. The summed E-state index contributed by atoms with van der Waals surface area (Å²) in [5.41, 5.74) is -0.0964. The van der Waals surface area contributed by atoms with Gasteiger partial charge in [-0.15, -0.1) is 0 Å². The summed E-state index contributed by atoms with van der Waals surface area (Å²) in [4.78, 5) is 16.5. The number of rotatable bonds is 3. The summed E-state index contributed by atoms with van der Waals surface area (Å²) in [6.45, 7) is 0.773. The Morgan fingerprint density at radius 2 is 2.35 bits per heavy atom. The molecule has 0 radical (unpaired) electrons. The van der Waals surface area contributed by atoms with Crippen LogP contribution in [-0.2, 0) is 0 Å². The molecule has 2 heterocycles. The van der Waals surface area contributed by atoms with Crippen LogP contribution in [0.3, 0.4) is 0 Å². The van der Waals surface area contributed by atoms with E-state index in [-0.39, 0.29) is 18.3 Å². The number of aromatic nitrogens is 1. The lowest BCUT2D eigenvalue weighted by atomic mass is 10.1. The van der Waals surface area contributed by atoms with Crippen LogP contribution in [0.2, 0.25) is 0 Å². The van der Waals surface area contributed by atoms with Crippen molar-refractivity contribution in [1.82, 2.24) is 4.98 Å². The van der Waals surface area contributed by atoms with Crippen molar-refractivity contribution >= 4 is 12.0 Å². The second-order valence-corrected chi connectivity index (χ2v) is 4.20. The van der Waals surface area contributed by atoms with E-state index in [1.807, 2.05) is 4.90 Å². The maximum Gasteiger partial charge on any atom is 0.357 e. The van der Waals surface area contributed by atoms with Gasteiger partial charge in [0.2, 0.25) is 0 Å². The highest BCUT2D eigenvalue weighted by molar-refractivity contribution is 5.85. The summed E-state index contributed by atoms with van der Waals surface area (Å²) >= 11 is 0. The maximum absolute atomic E-state index is 10.7. The summed E-state index contributed by atoms with van der Waals surface area (Å²) in [5.74, 6) is -1.10. The number of aliphatic hydroxyl groups excluding tert-OH is 1. The zero-order chi connectivity index (χ0) is 12.3. The van der Waals surface area contributed by atoms with Gasteiger partial charge in [0.1, 0.15) is 6.26 Å². The first kappa shape index (κ1) is 11.9. The van der Waals surface area contributed by atoms with E-state index >= 15 is 0 Å². The average molecular weight is 240 g/mol. The second-order valence-electron chi connectivity index (χ2n) is 4.20. The lowest BCUT2D eigenvalue weighted by Crippen LogP contribution is -2.37. The first-order valence-corrected chi connectivity index (χ1v) is 5.78. The minimum atomic E-state index is -1.10. The van der Waals surface area contributed by atoms with Crippen LogP contribution < -0.4 is 4.90 Å². The quantitative estimate of drug-likeness (QED) is 0.823. The van der Waals surface area contributed by atoms with E-state index in [4.69, 9.17) is 9.52 Å². The minimum Gasteiger partial charge on any atom is -0.476 e. The van der Waals surface area contributed by atoms with Crippen LogP contribution in [0.1, 0.15) is 36.2 Å². The summed E-state index contributed by atoms with van der Waals surface area (Å²) in [6, 6.07) is 0.265. The van der Waals surface area contributed by atoms with Gasteiger partial charge in [-0.1, -0.05) is 12.8 Å². The predicted octanol–water partition coefficient (Wildman–Crippen LogP) is 1.11. The number of aliphatic hydroxyl groups is 1. The Bertz CT molecular complexity index is 391. The van der Waals surface area contributed by atoms with Crippen molar-refractivity contribution in [3.63, 3.8) is 0 Å².